The van der Waals surface area contributed by atoms with Crippen molar-refractivity contribution in [2.24, 2.45) is 7.05 Å². The summed E-state index contributed by atoms with van der Waals surface area (Å²) in [5, 5.41) is 4.06. The lowest BCUT2D eigenvalue weighted by atomic mass is 10.4. The topological polar surface area (TPSA) is 39.9 Å². The minimum Gasteiger partial charge on any atom is -0.473 e. The number of ether oxygens (including phenoxy) is 1. The molecule has 0 unspecified atom stereocenters. The Hall–Kier alpha value is -1.84. The number of pyridine rings is 1. The largest absolute Gasteiger partial charge is 0.473 e. The molecule has 2 heterocycles. The molecule has 78 valence electrons. The second-order valence-electron chi connectivity index (χ2n) is 3.43. The van der Waals surface area contributed by atoms with Gasteiger partial charge < -0.3 is 4.74 Å². The lowest BCUT2D eigenvalue weighted by molar-refractivity contribution is 0.293. The van der Waals surface area contributed by atoms with Crippen molar-refractivity contribution in [1.82, 2.24) is 14.8 Å². The molecule has 0 radical (unpaired) electrons. The van der Waals surface area contributed by atoms with Gasteiger partial charge in [-0.2, -0.15) is 5.10 Å². The SMILES string of the molecule is Cc1cccc(OCc2cnn(C)c2)n1. The summed E-state index contributed by atoms with van der Waals surface area (Å²) in [7, 11) is 1.88. The number of aryl methyl sites for hydroxylation is 2. The van der Waals surface area contributed by atoms with E-state index in [9.17, 15) is 0 Å². The summed E-state index contributed by atoms with van der Waals surface area (Å²) in [6.07, 6.45) is 3.71. The zero-order chi connectivity index (χ0) is 10.7. The molecule has 0 amide bonds. The first kappa shape index (κ1) is 9.71. The first-order valence-corrected chi connectivity index (χ1v) is 4.78. The molecule has 0 saturated carbocycles. The molecule has 0 N–H and O–H groups in total. The maximum Gasteiger partial charge on any atom is 0.213 e. The third kappa shape index (κ3) is 2.56. The van der Waals surface area contributed by atoms with Gasteiger partial charge in [-0.25, -0.2) is 4.98 Å². The summed E-state index contributed by atoms with van der Waals surface area (Å²) >= 11 is 0. The molecule has 2 rings (SSSR count). The minimum atomic E-state index is 0.504. The Kier molecular flexibility index (Phi) is 2.67. The number of nitrogens with zero attached hydrogens (tertiary/aromatic N) is 3. The molecule has 0 aliphatic rings. The van der Waals surface area contributed by atoms with E-state index in [-0.39, 0.29) is 0 Å². The van der Waals surface area contributed by atoms with Crippen LogP contribution in [0.4, 0.5) is 0 Å². The molecule has 0 fully saturated rings. The van der Waals surface area contributed by atoms with Crippen LogP contribution in [0.25, 0.3) is 0 Å². The van der Waals surface area contributed by atoms with Crippen LogP contribution in [-0.4, -0.2) is 14.8 Å². The van der Waals surface area contributed by atoms with Gasteiger partial charge in [0.1, 0.15) is 6.61 Å². The molecule has 0 aliphatic carbocycles. The van der Waals surface area contributed by atoms with Crippen LogP contribution in [-0.2, 0) is 13.7 Å². The Balaban J connectivity index is 1.99. The summed E-state index contributed by atoms with van der Waals surface area (Å²) in [4.78, 5) is 4.25. The van der Waals surface area contributed by atoms with Gasteiger partial charge in [0.2, 0.25) is 5.88 Å². The van der Waals surface area contributed by atoms with Crippen LogP contribution in [0.5, 0.6) is 5.88 Å². The van der Waals surface area contributed by atoms with Gasteiger partial charge in [-0.3, -0.25) is 4.68 Å². The smallest absolute Gasteiger partial charge is 0.213 e. The molecule has 15 heavy (non-hydrogen) atoms. The predicted molar refractivity (Wildman–Crippen MR) is 56.5 cm³/mol. The summed E-state index contributed by atoms with van der Waals surface area (Å²) in [5.74, 6) is 0.652. The zero-order valence-electron chi connectivity index (χ0n) is 8.84. The van der Waals surface area contributed by atoms with Crippen LogP contribution >= 0.6 is 0 Å². The van der Waals surface area contributed by atoms with Gasteiger partial charge in [0.15, 0.2) is 0 Å². The molecular weight excluding hydrogens is 190 g/mol. The van der Waals surface area contributed by atoms with Crippen LogP contribution in [0.1, 0.15) is 11.3 Å². The van der Waals surface area contributed by atoms with E-state index in [0.29, 0.717) is 12.5 Å². The van der Waals surface area contributed by atoms with E-state index in [4.69, 9.17) is 4.74 Å². The van der Waals surface area contributed by atoms with Crippen molar-refractivity contribution in [1.29, 1.82) is 0 Å². The molecule has 0 bridgehead atoms. The van der Waals surface area contributed by atoms with Crippen molar-refractivity contribution in [3.8, 4) is 5.88 Å². The van der Waals surface area contributed by atoms with E-state index >= 15 is 0 Å². The van der Waals surface area contributed by atoms with Gasteiger partial charge in [-0.1, -0.05) is 6.07 Å². The number of hydrogen-bond donors (Lipinski definition) is 0. The molecule has 0 spiro atoms. The van der Waals surface area contributed by atoms with E-state index in [1.165, 1.54) is 0 Å². The van der Waals surface area contributed by atoms with E-state index in [1.54, 1.807) is 10.9 Å². The second kappa shape index (κ2) is 4.13. The Morgan fingerprint density at radius 2 is 2.27 bits per heavy atom. The Labute approximate surface area is 88.5 Å². The Morgan fingerprint density at radius 1 is 1.40 bits per heavy atom. The number of rotatable bonds is 3. The maximum absolute atomic E-state index is 5.52. The Bertz CT molecular complexity index is 451. The molecule has 2 aromatic rings. The quantitative estimate of drug-likeness (QED) is 0.762. The maximum atomic E-state index is 5.52. The third-order valence-corrected chi connectivity index (χ3v) is 2.01. The van der Waals surface area contributed by atoms with Gasteiger partial charge in [-0.05, 0) is 13.0 Å². The monoisotopic (exact) mass is 203 g/mol. The van der Waals surface area contributed by atoms with Crippen molar-refractivity contribution in [2.75, 3.05) is 0 Å². The molecule has 4 heteroatoms. The van der Waals surface area contributed by atoms with Gasteiger partial charge in [0.05, 0.1) is 6.20 Å². The minimum absolute atomic E-state index is 0.504. The third-order valence-electron chi connectivity index (χ3n) is 2.01. The molecule has 0 atom stereocenters. The van der Waals surface area contributed by atoms with E-state index in [2.05, 4.69) is 10.1 Å². The zero-order valence-corrected chi connectivity index (χ0v) is 8.84. The van der Waals surface area contributed by atoms with Crippen LogP contribution in [0, 0.1) is 6.92 Å². The first-order chi connectivity index (χ1) is 7.24. The standard InChI is InChI=1S/C11H13N3O/c1-9-4-3-5-11(13-9)15-8-10-6-12-14(2)7-10/h3-7H,8H2,1-2H3. The fraction of sp³-hybridized carbons (Fsp3) is 0.273. The summed E-state index contributed by atoms with van der Waals surface area (Å²) in [5.41, 5.74) is 2.00. The Morgan fingerprint density at radius 3 is 2.93 bits per heavy atom. The summed E-state index contributed by atoms with van der Waals surface area (Å²) in [6, 6.07) is 5.72. The highest BCUT2D eigenvalue weighted by molar-refractivity contribution is 5.15. The van der Waals surface area contributed by atoms with Crippen molar-refractivity contribution < 1.29 is 4.74 Å². The highest BCUT2D eigenvalue weighted by Gasteiger charge is 1.99. The fourth-order valence-corrected chi connectivity index (χ4v) is 1.30. The summed E-state index contributed by atoms with van der Waals surface area (Å²) in [6.45, 7) is 2.45. The van der Waals surface area contributed by atoms with Crippen LogP contribution < -0.4 is 4.74 Å². The average molecular weight is 203 g/mol. The molecular formula is C11H13N3O. The van der Waals surface area contributed by atoms with E-state index < -0.39 is 0 Å². The van der Waals surface area contributed by atoms with Crippen molar-refractivity contribution >= 4 is 0 Å². The van der Waals surface area contributed by atoms with Crippen molar-refractivity contribution in [2.45, 2.75) is 13.5 Å². The molecule has 0 aliphatic heterocycles. The highest BCUT2D eigenvalue weighted by Crippen LogP contribution is 2.09. The van der Waals surface area contributed by atoms with Gasteiger partial charge in [-0.15, -0.1) is 0 Å². The number of hydrogen-bond acceptors (Lipinski definition) is 3. The first-order valence-electron chi connectivity index (χ1n) is 4.78. The second-order valence-corrected chi connectivity index (χ2v) is 3.43. The lowest BCUT2D eigenvalue weighted by Crippen LogP contribution is -1.96. The van der Waals surface area contributed by atoms with Gasteiger partial charge in [0, 0.05) is 30.6 Å². The van der Waals surface area contributed by atoms with Gasteiger partial charge in [0.25, 0.3) is 0 Å². The van der Waals surface area contributed by atoms with Gasteiger partial charge >= 0.3 is 0 Å². The molecule has 0 saturated heterocycles. The lowest BCUT2D eigenvalue weighted by Gasteiger charge is -2.03. The molecule has 2 aromatic heterocycles. The average Bonchev–Trinajstić information content (AvgIpc) is 2.62. The highest BCUT2D eigenvalue weighted by atomic mass is 16.5. The fourth-order valence-electron chi connectivity index (χ4n) is 1.30. The van der Waals surface area contributed by atoms with E-state index in [1.807, 2.05) is 38.4 Å². The van der Waals surface area contributed by atoms with Crippen molar-refractivity contribution in [3.63, 3.8) is 0 Å². The number of aromatic nitrogens is 3. The molecule has 0 aromatic carbocycles. The molecule has 4 nitrogen and oxygen atoms in total. The van der Waals surface area contributed by atoms with Crippen molar-refractivity contribution in [3.05, 3.63) is 41.9 Å². The summed E-state index contributed by atoms with van der Waals surface area (Å²) < 4.78 is 7.27. The normalized spacial score (nSPS) is 10.3. The van der Waals surface area contributed by atoms with Crippen LogP contribution in [0.15, 0.2) is 30.6 Å². The van der Waals surface area contributed by atoms with E-state index in [0.717, 1.165) is 11.3 Å². The van der Waals surface area contributed by atoms with Crippen LogP contribution in [0.2, 0.25) is 0 Å². The van der Waals surface area contributed by atoms with Crippen LogP contribution in [0.3, 0.4) is 0 Å². The predicted octanol–water partition coefficient (Wildman–Crippen LogP) is 1.70.